The highest BCUT2D eigenvalue weighted by Gasteiger charge is 2.37. The first-order valence-electron chi connectivity index (χ1n) is 13.2. The van der Waals surface area contributed by atoms with Gasteiger partial charge >= 0.3 is 0 Å². The Morgan fingerprint density at radius 1 is 0.472 bits per heavy atom. The van der Waals surface area contributed by atoms with Crippen LogP contribution in [-0.2, 0) is 33.9 Å². The van der Waals surface area contributed by atoms with Gasteiger partial charge in [0.2, 0.25) is 0 Å². The van der Waals surface area contributed by atoms with E-state index < -0.39 is 11.2 Å². The molecular weight excluding hydrogens is 440 g/mol. The van der Waals surface area contributed by atoms with E-state index in [9.17, 15) is 0 Å². The average Bonchev–Trinajstić information content (AvgIpc) is 2.81. The molecule has 2 atom stereocenters. The third-order valence-electron chi connectivity index (χ3n) is 6.62. The third-order valence-corrected chi connectivity index (χ3v) is 6.62. The summed E-state index contributed by atoms with van der Waals surface area (Å²) in [4.78, 5) is 0. The predicted octanol–water partition coefficient (Wildman–Crippen LogP) is 9.42. The highest BCUT2D eigenvalue weighted by Crippen LogP contribution is 2.42. The molecule has 0 bridgehead atoms. The zero-order chi connectivity index (χ0) is 26.5. The van der Waals surface area contributed by atoms with E-state index >= 15 is 0 Å². The van der Waals surface area contributed by atoms with Gasteiger partial charge < -0.3 is 9.47 Å². The fourth-order valence-corrected chi connectivity index (χ4v) is 5.31. The van der Waals surface area contributed by atoms with E-state index in [4.69, 9.17) is 9.47 Å². The highest BCUT2D eigenvalue weighted by molar-refractivity contribution is 5.32. The Morgan fingerprint density at radius 2 is 0.833 bits per heavy atom. The van der Waals surface area contributed by atoms with Gasteiger partial charge in [-0.25, -0.2) is 0 Å². The zero-order valence-electron chi connectivity index (χ0n) is 23.7. The molecule has 2 unspecified atom stereocenters. The summed E-state index contributed by atoms with van der Waals surface area (Å²) >= 11 is 0. The molecule has 0 aromatic heterocycles. The van der Waals surface area contributed by atoms with E-state index in [2.05, 4.69) is 128 Å². The fourth-order valence-electron chi connectivity index (χ4n) is 5.31. The molecule has 0 aliphatic heterocycles. The topological polar surface area (TPSA) is 18.5 Å². The number of hydrogen-bond donors (Lipinski definition) is 0. The van der Waals surface area contributed by atoms with Gasteiger partial charge in [0.15, 0.2) is 0 Å². The zero-order valence-corrected chi connectivity index (χ0v) is 23.7. The van der Waals surface area contributed by atoms with Gasteiger partial charge in [0.1, 0.15) is 0 Å². The van der Waals surface area contributed by atoms with Crippen LogP contribution >= 0.6 is 0 Å². The van der Waals surface area contributed by atoms with E-state index in [0.717, 1.165) is 12.8 Å². The molecule has 3 rings (SSSR count). The Labute approximate surface area is 220 Å². The van der Waals surface area contributed by atoms with E-state index in [0.29, 0.717) is 13.2 Å². The number of hydrogen-bond acceptors (Lipinski definition) is 2. The monoisotopic (exact) mass is 486 g/mol. The molecule has 0 radical (unpaired) electrons. The Hall–Kier alpha value is -2.42. The second-order valence-corrected chi connectivity index (χ2v) is 13.1. The largest absolute Gasteiger partial charge is 0.366 e. The van der Waals surface area contributed by atoms with Crippen molar-refractivity contribution in [2.45, 2.75) is 92.6 Å². The van der Waals surface area contributed by atoms with E-state index in [1.54, 1.807) is 0 Å². The van der Waals surface area contributed by atoms with Crippen molar-refractivity contribution in [3.8, 4) is 0 Å². The summed E-state index contributed by atoms with van der Waals surface area (Å²) in [6.07, 6.45) is 1.83. The molecule has 3 aromatic rings. The summed E-state index contributed by atoms with van der Waals surface area (Å²) in [7, 11) is 0. The van der Waals surface area contributed by atoms with Gasteiger partial charge in [-0.05, 0) is 59.8 Å². The first-order chi connectivity index (χ1) is 16.8. The van der Waals surface area contributed by atoms with Crippen molar-refractivity contribution in [2.75, 3.05) is 0 Å². The number of benzene rings is 3. The molecule has 2 nitrogen and oxygen atoms in total. The molecule has 0 aliphatic carbocycles. The number of rotatable bonds is 10. The lowest BCUT2D eigenvalue weighted by Crippen LogP contribution is -2.34. The minimum absolute atomic E-state index is 0.111. The van der Waals surface area contributed by atoms with Crippen LogP contribution in [0.5, 0.6) is 0 Å². The minimum atomic E-state index is -0.424. The first kappa shape index (κ1) is 28.2. The SMILES string of the molecule is CC(C)(C)CC(C)(OCc1ccccc1)c1cccc(C(C)(CC(C)(C)C)OCc2ccccc2)c1. The van der Waals surface area contributed by atoms with Gasteiger partial charge in [-0.2, -0.15) is 0 Å². The van der Waals surface area contributed by atoms with Gasteiger partial charge in [0.25, 0.3) is 0 Å². The van der Waals surface area contributed by atoms with E-state index in [-0.39, 0.29) is 10.8 Å². The summed E-state index contributed by atoms with van der Waals surface area (Å²) in [6, 6.07) is 29.8. The lowest BCUT2D eigenvalue weighted by atomic mass is 9.76. The maximum atomic E-state index is 6.73. The second-order valence-electron chi connectivity index (χ2n) is 13.1. The van der Waals surface area contributed by atoms with Crippen molar-refractivity contribution in [2.24, 2.45) is 10.8 Å². The minimum Gasteiger partial charge on any atom is -0.366 e. The number of ether oxygens (including phenoxy) is 2. The summed E-state index contributed by atoms with van der Waals surface area (Å²) < 4.78 is 13.5. The molecule has 3 aromatic carbocycles. The van der Waals surface area contributed by atoms with Gasteiger partial charge in [-0.3, -0.25) is 0 Å². The van der Waals surface area contributed by atoms with Crippen LogP contribution in [0.25, 0.3) is 0 Å². The van der Waals surface area contributed by atoms with E-state index in [1.165, 1.54) is 22.3 Å². The Bertz CT molecular complexity index is 991. The Morgan fingerprint density at radius 3 is 1.17 bits per heavy atom. The molecule has 0 saturated carbocycles. The molecule has 0 aliphatic rings. The summed E-state index contributed by atoms with van der Waals surface area (Å²) in [5.74, 6) is 0. The molecule has 0 fully saturated rings. The van der Waals surface area contributed by atoms with Crippen molar-refractivity contribution in [1.29, 1.82) is 0 Å². The van der Waals surface area contributed by atoms with Crippen LogP contribution in [0.3, 0.4) is 0 Å². The highest BCUT2D eigenvalue weighted by atomic mass is 16.5. The van der Waals surface area contributed by atoms with Crippen molar-refractivity contribution < 1.29 is 9.47 Å². The lowest BCUT2D eigenvalue weighted by Gasteiger charge is -2.39. The molecule has 194 valence electrons. The van der Waals surface area contributed by atoms with Gasteiger partial charge in [-0.1, -0.05) is 126 Å². The van der Waals surface area contributed by atoms with Crippen LogP contribution in [0, 0.1) is 10.8 Å². The standard InChI is InChI=1S/C34H46O2/c1-31(2,3)25-33(7,35-23-27-16-11-9-12-17-27)29-20-15-21-30(22-29)34(8,26-32(4,5)6)36-24-28-18-13-10-14-19-28/h9-22H,23-26H2,1-8H3. The van der Waals surface area contributed by atoms with Crippen molar-refractivity contribution in [3.05, 3.63) is 107 Å². The predicted molar refractivity (Wildman–Crippen MR) is 152 cm³/mol. The van der Waals surface area contributed by atoms with Crippen molar-refractivity contribution in [3.63, 3.8) is 0 Å². The molecule has 0 spiro atoms. The van der Waals surface area contributed by atoms with Crippen LogP contribution in [0.2, 0.25) is 0 Å². The van der Waals surface area contributed by atoms with E-state index in [1.807, 2.05) is 12.1 Å². The van der Waals surface area contributed by atoms with Gasteiger partial charge in [0.05, 0.1) is 24.4 Å². The van der Waals surface area contributed by atoms with Crippen LogP contribution in [0.4, 0.5) is 0 Å². The van der Waals surface area contributed by atoms with Crippen LogP contribution in [-0.4, -0.2) is 0 Å². The normalized spacial score (nSPS) is 15.8. The molecule has 36 heavy (non-hydrogen) atoms. The molecular formula is C34H46O2. The van der Waals surface area contributed by atoms with Gasteiger partial charge in [-0.15, -0.1) is 0 Å². The summed E-state index contributed by atoms with van der Waals surface area (Å²) in [5, 5.41) is 0. The maximum absolute atomic E-state index is 6.73. The molecule has 0 amide bonds. The van der Waals surface area contributed by atoms with Crippen molar-refractivity contribution >= 4 is 0 Å². The van der Waals surface area contributed by atoms with Crippen LogP contribution < -0.4 is 0 Å². The molecule has 0 N–H and O–H groups in total. The quantitative estimate of drug-likeness (QED) is 0.284. The maximum Gasteiger partial charge on any atom is 0.0912 e. The van der Waals surface area contributed by atoms with Crippen LogP contribution in [0.15, 0.2) is 84.9 Å². The summed E-state index contributed by atoms with van der Waals surface area (Å²) in [5.41, 5.74) is 4.16. The third kappa shape index (κ3) is 8.32. The summed E-state index contributed by atoms with van der Waals surface area (Å²) in [6.45, 7) is 19.4. The average molecular weight is 487 g/mol. The van der Waals surface area contributed by atoms with Crippen molar-refractivity contribution in [1.82, 2.24) is 0 Å². The molecule has 2 heteroatoms. The molecule has 0 heterocycles. The van der Waals surface area contributed by atoms with Crippen LogP contribution in [0.1, 0.15) is 90.5 Å². The fraction of sp³-hybridized carbons (Fsp3) is 0.471. The van der Waals surface area contributed by atoms with Gasteiger partial charge in [0, 0.05) is 0 Å². The lowest BCUT2D eigenvalue weighted by molar-refractivity contribution is -0.0775. The smallest absolute Gasteiger partial charge is 0.0912 e. The second kappa shape index (κ2) is 11.3. The molecule has 0 saturated heterocycles. The first-order valence-corrected chi connectivity index (χ1v) is 13.2. The Balaban J connectivity index is 1.96. The Kier molecular flexibility index (Phi) is 8.85.